The number of hydrogen-bond acceptors (Lipinski definition) is 10. The third-order valence-corrected chi connectivity index (χ3v) is 12.1. The van der Waals surface area contributed by atoms with E-state index in [0.717, 1.165) is 72.0 Å². The lowest BCUT2D eigenvalue weighted by Gasteiger charge is -2.30. The van der Waals surface area contributed by atoms with Crippen LogP contribution in [0.5, 0.6) is 5.75 Å². The van der Waals surface area contributed by atoms with Gasteiger partial charge in [0.05, 0.1) is 28.7 Å². The maximum absolute atomic E-state index is 13.1. The Morgan fingerprint density at radius 3 is 2.58 bits per heavy atom. The van der Waals surface area contributed by atoms with Gasteiger partial charge in [-0.05, 0) is 81.4 Å². The van der Waals surface area contributed by atoms with Gasteiger partial charge in [0.15, 0.2) is 0 Å². The number of imide groups is 1. The summed E-state index contributed by atoms with van der Waals surface area (Å²) in [4.78, 5) is 49.4. The molecule has 2 aliphatic heterocycles. The van der Waals surface area contributed by atoms with Gasteiger partial charge in [-0.2, -0.15) is 5.10 Å². The van der Waals surface area contributed by atoms with Crippen LogP contribution < -0.4 is 20.7 Å². The molecule has 5 heterocycles. The average molecular weight is 743 g/mol. The van der Waals surface area contributed by atoms with Crippen molar-refractivity contribution in [1.82, 2.24) is 35.3 Å². The monoisotopic (exact) mass is 742 g/mol. The normalized spacial score (nSPS) is 21.9. The van der Waals surface area contributed by atoms with E-state index in [0.29, 0.717) is 61.0 Å². The summed E-state index contributed by atoms with van der Waals surface area (Å²) < 4.78 is 8.07. The second kappa shape index (κ2) is 15.0. The van der Waals surface area contributed by atoms with Crippen LogP contribution in [0.3, 0.4) is 0 Å². The molecule has 1 saturated heterocycles. The SMILES string of the molecule is Cn1ncc(-c2nc(N[C@H]3CC[C@H](NCc4ccc(OCc5scc6c5CN([C@H]5CCCC(=O)NC5=O)C6=O)cc4)CC3)ncc2Cl)c1CC1CC1. The molecule has 0 bridgehead atoms. The number of hydrogen-bond donors (Lipinski definition) is 3. The Labute approximate surface area is 311 Å². The number of fused-ring (bicyclic) bond motifs is 1. The second-order valence-corrected chi connectivity index (χ2v) is 15.8. The van der Waals surface area contributed by atoms with Gasteiger partial charge in [0.2, 0.25) is 17.8 Å². The van der Waals surface area contributed by atoms with Crippen molar-refractivity contribution in [3.05, 3.63) is 74.3 Å². The molecule has 12 nitrogen and oxygen atoms in total. The summed E-state index contributed by atoms with van der Waals surface area (Å²) in [5.41, 5.74) is 5.65. The zero-order chi connectivity index (χ0) is 35.8. The van der Waals surface area contributed by atoms with Crippen LogP contribution in [0.1, 0.15) is 89.8 Å². The van der Waals surface area contributed by atoms with Crippen molar-refractivity contribution in [3.8, 4) is 17.0 Å². The first kappa shape index (κ1) is 34.7. The molecule has 272 valence electrons. The first-order valence-electron chi connectivity index (χ1n) is 18.3. The highest BCUT2D eigenvalue weighted by atomic mass is 35.5. The highest BCUT2D eigenvalue weighted by Gasteiger charge is 2.39. The van der Waals surface area contributed by atoms with Crippen molar-refractivity contribution in [2.75, 3.05) is 5.32 Å². The van der Waals surface area contributed by atoms with E-state index < -0.39 is 6.04 Å². The van der Waals surface area contributed by atoms with Crippen LogP contribution in [0.2, 0.25) is 5.02 Å². The number of aryl methyl sites for hydroxylation is 1. The number of nitrogens with zero attached hydrogens (tertiary/aromatic N) is 5. The van der Waals surface area contributed by atoms with E-state index in [4.69, 9.17) is 21.3 Å². The summed E-state index contributed by atoms with van der Waals surface area (Å²) in [6.45, 7) is 1.48. The zero-order valence-corrected chi connectivity index (χ0v) is 30.8. The van der Waals surface area contributed by atoms with Crippen molar-refractivity contribution in [1.29, 1.82) is 0 Å². The molecule has 4 aromatic rings. The van der Waals surface area contributed by atoms with Gasteiger partial charge in [0, 0.05) is 65.7 Å². The quantitative estimate of drug-likeness (QED) is 0.154. The van der Waals surface area contributed by atoms with Gasteiger partial charge >= 0.3 is 0 Å². The Morgan fingerprint density at radius 1 is 1.00 bits per heavy atom. The maximum atomic E-state index is 13.1. The van der Waals surface area contributed by atoms with Crippen LogP contribution in [0.25, 0.3) is 11.3 Å². The highest BCUT2D eigenvalue weighted by molar-refractivity contribution is 7.10. The van der Waals surface area contributed by atoms with Crippen LogP contribution >= 0.6 is 22.9 Å². The van der Waals surface area contributed by atoms with Crippen molar-refractivity contribution < 1.29 is 19.1 Å². The van der Waals surface area contributed by atoms with E-state index in [-0.39, 0.29) is 17.7 Å². The highest BCUT2D eigenvalue weighted by Crippen LogP contribution is 2.37. The number of aromatic nitrogens is 4. The molecule has 3 fully saturated rings. The standard InChI is InChI=1S/C38H43ClN8O4S/c1-46-32(15-22-5-6-22)27(17-42-46)35-30(39)18-41-38(45-35)43-25-11-9-24(10-12-25)40-16-23-7-13-26(14-8-23)51-20-33-28-19-47(37(50)29(28)21-52-33)31-3-2-4-34(48)44-36(31)49/h7-8,13-14,17-18,21-22,24-25,31,40H,2-6,9-12,15-16,19-20H2,1H3,(H,41,43,45)(H,44,48,49)/t24-,25-,31-/m0/s1. The van der Waals surface area contributed by atoms with Gasteiger partial charge < -0.3 is 20.3 Å². The summed E-state index contributed by atoms with van der Waals surface area (Å²) in [6, 6.07) is 8.24. The fraction of sp³-hybridized carbons (Fsp3) is 0.474. The van der Waals surface area contributed by atoms with Gasteiger partial charge in [-0.1, -0.05) is 23.7 Å². The number of halogens is 1. The molecule has 3 N–H and O–H groups in total. The van der Waals surface area contributed by atoms with Gasteiger partial charge in [-0.3, -0.25) is 24.4 Å². The first-order valence-corrected chi connectivity index (χ1v) is 19.5. The number of benzene rings is 1. The molecule has 0 spiro atoms. The molecule has 3 amide bonds. The number of rotatable bonds is 12. The Kier molecular flexibility index (Phi) is 9.99. The summed E-state index contributed by atoms with van der Waals surface area (Å²) >= 11 is 8.09. The number of ether oxygens (including phenoxy) is 1. The number of nitrogens with one attached hydrogen (secondary N) is 3. The lowest BCUT2D eigenvalue weighted by Crippen LogP contribution is -2.47. The molecule has 4 aliphatic rings. The minimum Gasteiger partial charge on any atom is -0.488 e. The van der Waals surface area contributed by atoms with E-state index in [1.54, 1.807) is 11.1 Å². The smallest absolute Gasteiger partial charge is 0.256 e. The molecule has 0 radical (unpaired) electrons. The Balaban J connectivity index is 0.791. The van der Waals surface area contributed by atoms with Crippen molar-refractivity contribution >= 4 is 46.6 Å². The van der Waals surface area contributed by atoms with E-state index >= 15 is 0 Å². The summed E-state index contributed by atoms with van der Waals surface area (Å²) in [6.07, 6.45) is 12.6. The molecule has 0 unspecified atom stereocenters. The molecular weight excluding hydrogens is 700 g/mol. The zero-order valence-electron chi connectivity index (χ0n) is 29.2. The van der Waals surface area contributed by atoms with Crippen LogP contribution in [0.15, 0.2) is 42.0 Å². The maximum Gasteiger partial charge on any atom is 0.256 e. The van der Waals surface area contributed by atoms with Crippen molar-refractivity contribution in [2.24, 2.45) is 13.0 Å². The molecule has 2 aliphatic carbocycles. The van der Waals surface area contributed by atoms with Crippen molar-refractivity contribution in [3.63, 3.8) is 0 Å². The predicted octanol–water partition coefficient (Wildman–Crippen LogP) is 5.79. The fourth-order valence-corrected chi connectivity index (χ4v) is 8.72. The number of amides is 3. The molecule has 52 heavy (non-hydrogen) atoms. The van der Waals surface area contributed by atoms with Gasteiger partial charge in [0.25, 0.3) is 5.91 Å². The number of thiophene rings is 1. The lowest BCUT2D eigenvalue weighted by atomic mass is 9.91. The molecular formula is C38H43ClN8O4S. The molecule has 2 saturated carbocycles. The number of carbonyl (C=O) groups excluding carboxylic acids is 3. The fourth-order valence-electron chi connectivity index (χ4n) is 7.58. The van der Waals surface area contributed by atoms with Gasteiger partial charge in [-0.15, -0.1) is 11.3 Å². The topological polar surface area (TPSA) is 143 Å². The van der Waals surface area contributed by atoms with Gasteiger partial charge in [-0.25, -0.2) is 9.97 Å². The lowest BCUT2D eigenvalue weighted by molar-refractivity contribution is -0.132. The van der Waals surface area contributed by atoms with E-state index in [9.17, 15) is 14.4 Å². The third-order valence-electron chi connectivity index (χ3n) is 10.8. The van der Waals surface area contributed by atoms with E-state index in [1.165, 1.54) is 35.4 Å². The Bertz CT molecular complexity index is 1970. The molecule has 1 aromatic carbocycles. The van der Waals surface area contributed by atoms with Crippen LogP contribution in [-0.4, -0.2) is 60.5 Å². The average Bonchev–Trinajstić information content (AvgIpc) is 3.71. The Hall–Kier alpha value is -4.33. The first-order chi connectivity index (χ1) is 25.3. The predicted molar refractivity (Wildman–Crippen MR) is 198 cm³/mol. The van der Waals surface area contributed by atoms with E-state index in [1.807, 2.05) is 35.4 Å². The molecule has 1 atom stereocenters. The molecule has 8 rings (SSSR count). The van der Waals surface area contributed by atoms with Crippen LogP contribution in [0.4, 0.5) is 5.95 Å². The van der Waals surface area contributed by atoms with Crippen LogP contribution in [0, 0.1) is 5.92 Å². The minimum atomic E-state index is -0.626. The summed E-state index contributed by atoms with van der Waals surface area (Å²) in [7, 11) is 1.98. The van der Waals surface area contributed by atoms with Crippen molar-refractivity contribution in [2.45, 2.75) is 102 Å². The van der Waals surface area contributed by atoms with Crippen LogP contribution in [-0.2, 0) is 42.8 Å². The summed E-state index contributed by atoms with van der Waals surface area (Å²) in [5, 5.41) is 16.6. The number of anilines is 1. The number of carbonyl (C=O) groups is 3. The van der Waals surface area contributed by atoms with Gasteiger partial charge in [0.1, 0.15) is 18.4 Å². The second-order valence-electron chi connectivity index (χ2n) is 14.5. The largest absolute Gasteiger partial charge is 0.488 e. The molecule has 14 heteroatoms. The minimum absolute atomic E-state index is 0.156. The summed E-state index contributed by atoms with van der Waals surface area (Å²) in [5.74, 6) is 1.28. The molecule has 3 aromatic heterocycles. The van der Waals surface area contributed by atoms with E-state index in [2.05, 4.69) is 38.2 Å². The Morgan fingerprint density at radius 2 is 1.79 bits per heavy atom. The third kappa shape index (κ3) is 7.58.